The topological polar surface area (TPSA) is 0 Å². The van der Waals surface area contributed by atoms with Gasteiger partial charge in [-0.2, -0.15) is 0 Å². The zero-order chi connectivity index (χ0) is 21.4. The van der Waals surface area contributed by atoms with E-state index in [1.807, 2.05) is 0 Å². The summed E-state index contributed by atoms with van der Waals surface area (Å²) in [5.41, 5.74) is 1.38. The van der Waals surface area contributed by atoms with E-state index in [9.17, 15) is 0 Å². The van der Waals surface area contributed by atoms with Crippen molar-refractivity contribution in [3.05, 3.63) is 0 Å². The van der Waals surface area contributed by atoms with Crippen molar-refractivity contribution >= 4 is 0 Å². The van der Waals surface area contributed by atoms with Gasteiger partial charge < -0.3 is 0 Å². The Hall–Kier alpha value is 0. The average Bonchev–Trinajstić information content (AvgIpc) is 3.09. The van der Waals surface area contributed by atoms with Crippen LogP contribution in [0.5, 0.6) is 0 Å². The monoisotopic (exact) mass is 414 g/mol. The molecule has 0 radical (unpaired) electrons. The quantitative estimate of drug-likeness (QED) is 0.371. The van der Waals surface area contributed by atoms with Crippen molar-refractivity contribution in [1.82, 2.24) is 0 Å². The van der Waals surface area contributed by atoms with E-state index in [0.29, 0.717) is 10.8 Å². The van der Waals surface area contributed by atoms with Gasteiger partial charge in [0, 0.05) is 0 Å². The van der Waals surface area contributed by atoms with Gasteiger partial charge in [0.25, 0.3) is 0 Å². The molecular formula is C30H54. The summed E-state index contributed by atoms with van der Waals surface area (Å²) in [7, 11) is 0. The fraction of sp³-hybridized carbons (Fsp3) is 1.00. The lowest BCUT2D eigenvalue weighted by Crippen LogP contribution is -2.53. The first-order valence-electron chi connectivity index (χ1n) is 14.4. The molecule has 2 unspecified atom stereocenters. The normalized spacial score (nSPS) is 45.3. The standard InChI is InChI=1S/C30H54/c1-6-7-11-22(2)12-10-13-23(3)26-17-18-27-25-16-15-24-14-8-9-20-29(24,4)28(25)19-21-30(26,27)5/h22-28H,6-21H2,1-5H3/t22?,23-,24?,25+,26-,27+,28+,29+,30-/m1/s1. The van der Waals surface area contributed by atoms with E-state index in [1.165, 1.54) is 51.4 Å². The van der Waals surface area contributed by atoms with Gasteiger partial charge in [0.05, 0.1) is 0 Å². The molecule has 0 nitrogen and oxygen atoms in total. The first kappa shape index (κ1) is 23.2. The summed E-state index contributed by atoms with van der Waals surface area (Å²) < 4.78 is 0. The fourth-order valence-corrected chi connectivity index (χ4v) is 9.96. The van der Waals surface area contributed by atoms with Crippen molar-refractivity contribution in [2.75, 3.05) is 0 Å². The Labute approximate surface area is 189 Å². The Morgan fingerprint density at radius 3 is 2.30 bits per heavy atom. The molecule has 0 aromatic rings. The second-order valence-electron chi connectivity index (χ2n) is 13.3. The van der Waals surface area contributed by atoms with Gasteiger partial charge in [-0.05, 0) is 104 Å². The molecule has 4 fully saturated rings. The van der Waals surface area contributed by atoms with Gasteiger partial charge in [-0.3, -0.25) is 0 Å². The molecule has 0 saturated heterocycles. The van der Waals surface area contributed by atoms with E-state index in [4.69, 9.17) is 0 Å². The van der Waals surface area contributed by atoms with Gasteiger partial charge in [-0.1, -0.05) is 86.0 Å². The molecule has 174 valence electrons. The zero-order valence-electron chi connectivity index (χ0n) is 21.4. The van der Waals surface area contributed by atoms with Gasteiger partial charge in [0.15, 0.2) is 0 Å². The highest BCUT2D eigenvalue weighted by molar-refractivity contribution is 5.09. The van der Waals surface area contributed by atoms with Gasteiger partial charge >= 0.3 is 0 Å². The lowest BCUT2D eigenvalue weighted by Gasteiger charge is -2.61. The van der Waals surface area contributed by atoms with Crippen molar-refractivity contribution in [3.63, 3.8) is 0 Å². The van der Waals surface area contributed by atoms with E-state index < -0.39 is 0 Å². The smallest absolute Gasteiger partial charge is 0.0264 e. The van der Waals surface area contributed by atoms with E-state index in [-0.39, 0.29) is 0 Å². The van der Waals surface area contributed by atoms with Crippen LogP contribution in [0.1, 0.15) is 137 Å². The van der Waals surface area contributed by atoms with Crippen LogP contribution in [0.3, 0.4) is 0 Å². The lowest BCUT2D eigenvalue weighted by atomic mass is 9.44. The Balaban J connectivity index is 1.36. The summed E-state index contributed by atoms with van der Waals surface area (Å²) in [6, 6.07) is 0. The minimum atomic E-state index is 0.673. The fourth-order valence-electron chi connectivity index (χ4n) is 9.96. The maximum Gasteiger partial charge on any atom is -0.0264 e. The third kappa shape index (κ3) is 4.17. The minimum Gasteiger partial charge on any atom is -0.0654 e. The summed E-state index contributed by atoms with van der Waals surface area (Å²) in [5, 5.41) is 0. The molecule has 0 aromatic carbocycles. The molecule has 4 aliphatic rings. The molecule has 9 atom stereocenters. The van der Waals surface area contributed by atoms with Crippen LogP contribution < -0.4 is 0 Å². The third-order valence-electron chi connectivity index (χ3n) is 11.8. The summed E-state index contributed by atoms with van der Waals surface area (Å²) in [4.78, 5) is 0. The van der Waals surface area contributed by atoms with E-state index in [2.05, 4.69) is 34.6 Å². The van der Waals surface area contributed by atoms with Gasteiger partial charge in [0.1, 0.15) is 0 Å². The minimum absolute atomic E-state index is 0.673. The summed E-state index contributed by atoms with van der Waals surface area (Å²) in [5.74, 6) is 7.21. The molecule has 4 rings (SSSR count). The molecule has 0 aromatic heterocycles. The van der Waals surface area contributed by atoms with Crippen LogP contribution in [-0.2, 0) is 0 Å². The summed E-state index contributed by atoms with van der Waals surface area (Å²) >= 11 is 0. The molecule has 4 aliphatic carbocycles. The Morgan fingerprint density at radius 2 is 1.50 bits per heavy atom. The van der Waals surface area contributed by atoms with Gasteiger partial charge in [0.2, 0.25) is 0 Å². The molecule has 0 bridgehead atoms. The maximum atomic E-state index is 2.77. The van der Waals surface area contributed by atoms with Gasteiger partial charge in [-0.15, -0.1) is 0 Å². The molecule has 0 amide bonds. The van der Waals surface area contributed by atoms with Crippen LogP contribution in [-0.4, -0.2) is 0 Å². The molecule has 0 heterocycles. The van der Waals surface area contributed by atoms with Crippen LogP contribution >= 0.6 is 0 Å². The number of fused-ring (bicyclic) bond motifs is 5. The molecule has 4 saturated carbocycles. The molecular weight excluding hydrogens is 360 g/mol. The van der Waals surface area contributed by atoms with Crippen LogP contribution in [0.25, 0.3) is 0 Å². The van der Waals surface area contributed by atoms with Crippen LogP contribution in [0.15, 0.2) is 0 Å². The van der Waals surface area contributed by atoms with Crippen molar-refractivity contribution in [3.8, 4) is 0 Å². The highest BCUT2D eigenvalue weighted by Crippen LogP contribution is 2.68. The van der Waals surface area contributed by atoms with Crippen LogP contribution in [0, 0.1) is 52.3 Å². The molecule has 30 heavy (non-hydrogen) atoms. The Kier molecular flexibility index (Phi) is 7.31. The largest absolute Gasteiger partial charge is 0.0654 e. The Bertz CT molecular complexity index is 550. The molecule has 0 spiro atoms. The van der Waals surface area contributed by atoms with Crippen molar-refractivity contribution in [1.29, 1.82) is 0 Å². The average molecular weight is 415 g/mol. The van der Waals surface area contributed by atoms with E-state index in [0.717, 1.165) is 41.4 Å². The van der Waals surface area contributed by atoms with Crippen molar-refractivity contribution < 1.29 is 0 Å². The summed E-state index contributed by atoms with van der Waals surface area (Å²) in [6.45, 7) is 13.0. The Morgan fingerprint density at radius 1 is 0.733 bits per heavy atom. The summed E-state index contributed by atoms with van der Waals surface area (Å²) in [6.07, 6.45) is 24.3. The highest BCUT2D eigenvalue weighted by atomic mass is 14.6. The highest BCUT2D eigenvalue weighted by Gasteiger charge is 2.59. The van der Waals surface area contributed by atoms with Crippen LogP contribution in [0.2, 0.25) is 0 Å². The van der Waals surface area contributed by atoms with E-state index >= 15 is 0 Å². The van der Waals surface area contributed by atoms with Crippen molar-refractivity contribution in [2.24, 2.45) is 52.3 Å². The third-order valence-corrected chi connectivity index (χ3v) is 11.8. The van der Waals surface area contributed by atoms with Crippen LogP contribution in [0.4, 0.5) is 0 Å². The van der Waals surface area contributed by atoms with E-state index in [1.54, 1.807) is 51.4 Å². The second-order valence-corrected chi connectivity index (χ2v) is 13.3. The zero-order valence-corrected chi connectivity index (χ0v) is 21.4. The SMILES string of the molecule is CCCCC(C)CCC[C@@H](C)[C@H]1CC[C@H]2[C@@H]3CCC4CCCC[C@]4(C)[C@H]3CC[C@]12C. The number of hydrogen-bond acceptors (Lipinski definition) is 0. The number of rotatable bonds is 8. The molecule has 0 aliphatic heterocycles. The predicted octanol–water partition coefficient (Wildman–Crippen LogP) is 9.67. The predicted molar refractivity (Wildman–Crippen MR) is 132 cm³/mol. The first-order chi connectivity index (χ1) is 14.4. The lowest BCUT2D eigenvalue weighted by molar-refractivity contribution is -0.114. The maximum absolute atomic E-state index is 2.77. The number of unbranched alkanes of at least 4 members (excludes halogenated alkanes) is 1. The van der Waals surface area contributed by atoms with Crippen molar-refractivity contribution in [2.45, 2.75) is 137 Å². The number of hydrogen-bond donors (Lipinski definition) is 0. The van der Waals surface area contributed by atoms with Gasteiger partial charge in [-0.25, -0.2) is 0 Å². The second kappa shape index (κ2) is 9.47. The molecule has 0 heteroatoms. The first-order valence-corrected chi connectivity index (χ1v) is 14.4. The molecule has 0 N–H and O–H groups in total.